The van der Waals surface area contributed by atoms with Gasteiger partial charge in [-0.3, -0.25) is 9.05 Å². The summed E-state index contributed by atoms with van der Waals surface area (Å²) >= 11 is 0. The molecule has 1 aromatic carbocycles. The zero-order valence-corrected chi connectivity index (χ0v) is 25.4. The number of hydrogen-bond donors (Lipinski definition) is 1. The Morgan fingerprint density at radius 2 is 1.73 bits per heavy atom. The minimum Gasteiger partial charge on any atom is -0.507 e. The molecule has 6 nitrogen and oxygen atoms in total. The van der Waals surface area contributed by atoms with Crippen molar-refractivity contribution in [2.75, 3.05) is 6.79 Å². The van der Waals surface area contributed by atoms with Crippen molar-refractivity contribution in [3.8, 4) is 11.5 Å². The summed E-state index contributed by atoms with van der Waals surface area (Å²) in [7, 11) is -3.94. The topological polar surface area (TPSA) is 74.2 Å². The summed E-state index contributed by atoms with van der Waals surface area (Å²) in [6.45, 7) is 21.0. The van der Waals surface area contributed by atoms with Gasteiger partial charge in [-0.2, -0.15) is 0 Å². The van der Waals surface area contributed by atoms with E-state index >= 15 is 0 Å². The van der Waals surface area contributed by atoms with Gasteiger partial charge in [0.05, 0.1) is 11.2 Å². The second-order valence-electron chi connectivity index (χ2n) is 12.3. The summed E-state index contributed by atoms with van der Waals surface area (Å²) in [5.41, 5.74) is 2.55. The molecule has 1 N–H and O–H groups in total. The zero-order valence-electron chi connectivity index (χ0n) is 24.5. The lowest BCUT2D eigenvalue weighted by atomic mass is 9.73. The lowest BCUT2D eigenvalue weighted by Crippen LogP contribution is -2.25. The van der Waals surface area contributed by atoms with E-state index in [-0.39, 0.29) is 24.4 Å². The van der Waals surface area contributed by atoms with Crippen LogP contribution in [0.15, 0.2) is 35.9 Å². The number of aryl methyl sites for hydroxylation is 1. The van der Waals surface area contributed by atoms with Gasteiger partial charge in [-0.1, -0.05) is 43.6 Å². The first kappa shape index (κ1) is 31.6. The Bertz CT molecular complexity index is 979. The number of phenolic OH excluding ortho intramolecular Hbond substituents is 1. The van der Waals surface area contributed by atoms with Crippen molar-refractivity contribution in [1.82, 2.24) is 0 Å². The minimum absolute atomic E-state index is 0.0746. The summed E-state index contributed by atoms with van der Waals surface area (Å²) in [6, 6.07) is 3.82. The lowest BCUT2D eigenvalue weighted by Gasteiger charge is -2.33. The van der Waals surface area contributed by atoms with Crippen LogP contribution in [-0.2, 0) is 24.6 Å². The van der Waals surface area contributed by atoms with Crippen LogP contribution in [0.4, 0.5) is 0 Å². The maximum Gasteiger partial charge on any atom is 0.478 e. The van der Waals surface area contributed by atoms with Crippen LogP contribution in [0, 0.1) is 5.92 Å². The first-order chi connectivity index (χ1) is 17.0. The van der Waals surface area contributed by atoms with Crippen molar-refractivity contribution in [2.24, 2.45) is 5.92 Å². The molecule has 2 atom stereocenters. The molecule has 0 heterocycles. The number of allylic oxidation sites excluding steroid dienone is 3. The molecule has 0 saturated heterocycles. The van der Waals surface area contributed by atoms with Crippen molar-refractivity contribution >= 4 is 7.82 Å². The van der Waals surface area contributed by atoms with Crippen molar-refractivity contribution in [2.45, 2.75) is 118 Å². The van der Waals surface area contributed by atoms with E-state index in [1.807, 2.05) is 19.1 Å². The molecule has 0 aliphatic heterocycles. The molecule has 37 heavy (non-hydrogen) atoms. The number of ether oxygens (including phenoxy) is 1. The molecule has 0 bridgehead atoms. The van der Waals surface area contributed by atoms with Gasteiger partial charge in [0.2, 0.25) is 0 Å². The van der Waals surface area contributed by atoms with Crippen LogP contribution >= 0.6 is 7.82 Å². The number of rotatable bonds is 12. The molecular weight excluding hydrogens is 487 g/mol. The van der Waals surface area contributed by atoms with Crippen LogP contribution in [0.25, 0.3) is 0 Å². The van der Waals surface area contributed by atoms with Gasteiger partial charge in [0.25, 0.3) is 0 Å². The Hall–Kier alpha value is -1.59. The van der Waals surface area contributed by atoms with Crippen LogP contribution < -0.4 is 4.74 Å². The van der Waals surface area contributed by atoms with Gasteiger partial charge in [-0.05, 0) is 105 Å². The normalized spacial score (nSPS) is 19.0. The third-order valence-electron chi connectivity index (χ3n) is 6.16. The van der Waals surface area contributed by atoms with E-state index < -0.39 is 19.0 Å². The number of benzene rings is 1. The maximum atomic E-state index is 13.5. The number of phosphoric ester groups is 1. The van der Waals surface area contributed by atoms with Crippen molar-refractivity contribution in [1.29, 1.82) is 0 Å². The molecule has 0 unspecified atom stereocenters. The number of hydrogen-bond acceptors (Lipinski definition) is 6. The predicted octanol–water partition coefficient (Wildman–Crippen LogP) is 9.23. The molecule has 0 saturated carbocycles. The fraction of sp³-hybridized carbons (Fsp3) is 0.667. The van der Waals surface area contributed by atoms with E-state index in [2.05, 4.69) is 26.5 Å². The van der Waals surface area contributed by atoms with Crippen LogP contribution in [0.1, 0.15) is 111 Å². The van der Waals surface area contributed by atoms with Gasteiger partial charge in [0.1, 0.15) is 11.5 Å². The quantitative estimate of drug-likeness (QED) is 0.124. The number of phosphoric acid groups is 1. The van der Waals surface area contributed by atoms with Crippen molar-refractivity contribution in [3.05, 3.63) is 47.1 Å². The highest BCUT2D eigenvalue weighted by atomic mass is 31.2. The van der Waals surface area contributed by atoms with Gasteiger partial charge >= 0.3 is 7.82 Å². The summed E-state index contributed by atoms with van der Waals surface area (Å²) < 4.78 is 36.7. The van der Waals surface area contributed by atoms with Crippen LogP contribution in [0.2, 0.25) is 0 Å². The molecular formula is C30H49O6P. The van der Waals surface area contributed by atoms with Gasteiger partial charge in [0.15, 0.2) is 6.79 Å². The predicted molar refractivity (Wildman–Crippen MR) is 151 cm³/mol. The molecule has 7 heteroatoms. The lowest BCUT2D eigenvalue weighted by molar-refractivity contribution is -0.0191. The third-order valence-corrected chi connectivity index (χ3v) is 8.12. The Kier molecular flexibility index (Phi) is 11.1. The smallest absolute Gasteiger partial charge is 0.478 e. The van der Waals surface area contributed by atoms with Gasteiger partial charge < -0.3 is 9.84 Å². The molecule has 0 aromatic heterocycles. The van der Waals surface area contributed by atoms with E-state index in [0.717, 1.165) is 49.7 Å². The maximum absolute atomic E-state index is 13.5. The number of aromatic hydroxyl groups is 1. The second-order valence-corrected chi connectivity index (χ2v) is 13.8. The Morgan fingerprint density at radius 1 is 1.11 bits per heavy atom. The standard InChI is InChI=1S/C30H49O6P/c1-11-12-13-14-23-18-26(31)28(25-17-22(4)15-16-24(25)21(2)3)27(19-23)33-20-34-37(32,35-29(5,6)7)36-30(8,9)10/h17-19,24-25,31H,2,11-16,20H2,1,3-10H3/t24-,25+/m0/s1. The summed E-state index contributed by atoms with van der Waals surface area (Å²) in [6.07, 6.45) is 8.26. The third kappa shape index (κ3) is 10.2. The van der Waals surface area contributed by atoms with E-state index in [1.54, 1.807) is 41.5 Å². The van der Waals surface area contributed by atoms with E-state index in [1.165, 1.54) is 5.57 Å². The first-order valence-electron chi connectivity index (χ1n) is 13.5. The molecule has 1 aromatic rings. The second kappa shape index (κ2) is 13.0. The molecule has 210 valence electrons. The summed E-state index contributed by atoms with van der Waals surface area (Å²) in [5, 5.41) is 11.2. The fourth-order valence-electron chi connectivity index (χ4n) is 4.65. The largest absolute Gasteiger partial charge is 0.507 e. The van der Waals surface area contributed by atoms with Gasteiger partial charge in [-0.25, -0.2) is 9.09 Å². The molecule has 0 fully saturated rings. The Labute approximate surface area is 225 Å². The molecule has 1 aliphatic carbocycles. The van der Waals surface area contributed by atoms with Crippen LogP contribution in [0.3, 0.4) is 0 Å². The SMILES string of the molecule is C=C(C)[C@@H]1CCC(C)=C[C@H]1c1c(O)cc(CCCCC)cc1OCOP(=O)(OC(C)(C)C)OC(C)(C)C. The van der Waals surface area contributed by atoms with Gasteiger partial charge in [-0.15, -0.1) is 0 Å². The minimum atomic E-state index is -3.94. The highest BCUT2D eigenvalue weighted by molar-refractivity contribution is 7.48. The molecule has 1 aliphatic rings. The average Bonchev–Trinajstić information content (AvgIpc) is 2.70. The fourth-order valence-corrected chi connectivity index (χ4v) is 6.31. The highest BCUT2D eigenvalue weighted by Crippen LogP contribution is 2.55. The Balaban J connectivity index is 2.42. The van der Waals surface area contributed by atoms with E-state index in [0.29, 0.717) is 11.3 Å². The van der Waals surface area contributed by atoms with Crippen LogP contribution in [0.5, 0.6) is 11.5 Å². The molecule has 2 rings (SSSR count). The summed E-state index contributed by atoms with van der Waals surface area (Å²) in [5.74, 6) is 0.829. The molecule has 0 amide bonds. The average molecular weight is 537 g/mol. The van der Waals surface area contributed by atoms with E-state index in [4.69, 9.17) is 18.3 Å². The summed E-state index contributed by atoms with van der Waals surface area (Å²) in [4.78, 5) is 0. The molecule has 0 radical (unpaired) electrons. The Morgan fingerprint density at radius 3 is 2.27 bits per heavy atom. The zero-order chi connectivity index (χ0) is 28.0. The van der Waals surface area contributed by atoms with Gasteiger partial charge in [0, 0.05) is 11.5 Å². The van der Waals surface area contributed by atoms with E-state index in [9.17, 15) is 9.67 Å². The number of phenols is 1. The first-order valence-corrected chi connectivity index (χ1v) is 15.0. The van der Waals surface area contributed by atoms with Crippen molar-refractivity contribution < 1.29 is 28.0 Å². The highest BCUT2D eigenvalue weighted by Gasteiger charge is 2.38. The number of unbranched alkanes of at least 4 members (excludes halogenated alkanes) is 2. The van der Waals surface area contributed by atoms with Crippen LogP contribution in [-0.4, -0.2) is 23.1 Å². The van der Waals surface area contributed by atoms with Crippen molar-refractivity contribution in [3.63, 3.8) is 0 Å². The molecule has 0 spiro atoms. The monoisotopic (exact) mass is 536 g/mol.